The molecule has 0 saturated carbocycles. The average Bonchev–Trinajstić information content (AvgIpc) is 3.12. The zero-order chi connectivity index (χ0) is 37.4. The lowest BCUT2D eigenvalue weighted by Crippen LogP contribution is -2.57. The highest BCUT2D eigenvalue weighted by Gasteiger charge is 2.35. The average molecular weight is 709 g/mol. The van der Waals surface area contributed by atoms with E-state index in [1.165, 1.54) is 7.11 Å². The van der Waals surface area contributed by atoms with Crippen LogP contribution in [0.15, 0.2) is 79.0 Å². The van der Waals surface area contributed by atoms with E-state index in [2.05, 4.69) is 41.2 Å². The highest BCUT2D eigenvalue weighted by atomic mass is 16.7. The maximum atomic E-state index is 13.8. The van der Waals surface area contributed by atoms with Gasteiger partial charge in [-0.1, -0.05) is 81.4 Å². The van der Waals surface area contributed by atoms with Gasteiger partial charge in [-0.25, -0.2) is 14.4 Å². The van der Waals surface area contributed by atoms with Crippen LogP contribution in [0.5, 0.6) is 0 Å². The van der Waals surface area contributed by atoms with Crippen LogP contribution in [0.25, 0.3) is 11.3 Å². The van der Waals surface area contributed by atoms with Gasteiger partial charge in [-0.05, 0) is 47.9 Å². The Morgan fingerprint density at radius 3 is 1.84 bits per heavy atom. The lowest BCUT2D eigenvalue weighted by Gasteiger charge is -2.33. The van der Waals surface area contributed by atoms with Crippen molar-refractivity contribution in [2.24, 2.45) is 5.41 Å². The summed E-state index contributed by atoms with van der Waals surface area (Å²) in [6, 6.07) is 20.2. The van der Waals surface area contributed by atoms with Gasteiger partial charge in [-0.15, -0.1) is 0 Å². The lowest BCUT2D eigenvalue weighted by atomic mass is 9.85. The number of aliphatic hydroxyl groups is 1. The topological polar surface area (TPSA) is 198 Å². The van der Waals surface area contributed by atoms with Crippen LogP contribution in [-0.2, 0) is 36.7 Å². The molecule has 15 heteroatoms. The fourth-order valence-electron chi connectivity index (χ4n) is 5.12. The molecule has 51 heavy (non-hydrogen) atoms. The number of methoxy groups -OCH3 is 3. The minimum absolute atomic E-state index is 0.0240. The molecule has 0 aliphatic carbocycles. The number of pyridine rings is 1. The van der Waals surface area contributed by atoms with Crippen LogP contribution in [0.1, 0.15) is 38.3 Å². The molecule has 6 N–H and O–H groups in total. The van der Waals surface area contributed by atoms with Crippen molar-refractivity contribution in [2.75, 3.05) is 21.3 Å². The maximum Gasteiger partial charge on any atom is 0.410 e. The summed E-state index contributed by atoms with van der Waals surface area (Å²) in [5.74, 6) is -0.469. The number of amides is 4. The van der Waals surface area contributed by atoms with E-state index >= 15 is 0 Å². The van der Waals surface area contributed by atoms with Crippen LogP contribution < -0.4 is 26.7 Å². The van der Waals surface area contributed by atoms with Crippen molar-refractivity contribution in [2.45, 2.75) is 70.6 Å². The molecular formula is C36H48N6O9. The molecule has 0 saturated heterocycles. The molecule has 0 spiro atoms. The zero-order valence-electron chi connectivity index (χ0n) is 29.7. The molecule has 2 aromatic carbocycles. The molecule has 3 rings (SSSR count). The summed E-state index contributed by atoms with van der Waals surface area (Å²) in [5, 5.41) is 22.0. The van der Waals surface area contributed by atoms with E-state index in [1.807, 2.05) is 93.6 Å². The smallest absolute Gasteiger partial charge is 0.410 e. The van der Waals surface area contributed by atoms with Crippen molar-refractivity contribution in [3.05, 3.63) is 90.1 Å². The molecule has 1 heterocycles. The van der Waals surface area contributed by atoms with Crippen molar-refractivity contribution < 1.29 is 43.3 Å². The summed E-state index contributed by atoms with van der Waals surface area (Å²) in [7, 11) is 3.51. The van der Waals surface area contributed by atoms with Gasteiger partial charge in [0.05, 0.1) is 39.2 Å². The lowest BCUT2D eigenvalue weighted by molar-refractivity contribution is -0.126. The Morgan fingerprint density at radius 1 is 0.725 bits per heavy atom. The first-order valence-corrected chi connectivity index (χ1v) is 16.3. The number of ether oxygens (including phenoxy) is 3. The first-order chi connectivity index (χ1) is 24.3. The number of rotatable bonds is 16. The van der Waals surface area contributed by atoms with E-state index in [0.29, 0.717) is 6.42 Å². The van der Waals surface area contributed by atoms with Gasteiger partial charge in [0, 0.05) is 17.8 Å². The number of benzene rings is 2. The summed E-state index contributed by atoms with van der Waals surface area (Å²) < 4.78 is 14.0. The van der Waals surface area contributed by atoms with Gasteiger partial charge in [0.15, 0.2) is 0 Å². The SMILES string of the molecule is COC(=O)NC(NC(=O)OC)ON[C@@H](Cc1ccccc1)[C@@H](O)C[C@H](Cc1ccc(-c2ccccn2)cc1)NC(=O)[C@@H](NC(=O)OC)C(C)(C)C. The summed E-state index contributed by atoms with van der Waals surface area (Å²) >= 11 is 0. The molecule has 3 aromatic rings. The van der Waals surface area contributed by atoms with Crippen molar-refractivity contribution >= 4 is 24.2 Å². The fourth-order valence-corrected chi connectivity index (χ4v) is 5.12. The van der Waals surface area contributed by atoms with Crippen LogP contribution in [0, 0.1) is 5.41 Å². The minimum Gasteiger partial charge on any atom is -0.453 e. The quantitative estimate of drug-likeness (QED) is 0.0724. The van der Waals surface area contributed by atoms with Crippen LogP contribution in [0.3, 0.4) is 0 Å². The summed E-state index contributed by atoms with van der Waals surface area (Å²) in [5.41, 5.74) is 5.52. The normalized spacial score (nSPS) is 13.6. The molecular weight excluding hydrogens is 660 g/mol. The van der Waals surface area contributed by atoms with Crippen molar-refractivity contribution in [3.8, 4) is 11.3 Å². The largest absolute Gasteiger partial charge is 0.453 e. The molecule has 0 radical (unpaired) electrons. The van der Waals surface area contributed by atoms with E-state index in [-0.39, 0.29) is 12.8 Å². The number of carbonyl (C=O) groups excluding carboxylic acids is 4. The Morgan fingerprint density at radius 2 is 1.29 bits per heavy atom. The molecule has 0 aliphatic rings. The van der Waals surface area contributed by atoms with E-state index in [1.54, 1.807) is 6.20 Å². The monoisotopic (exact) mass is 708 g/mol. The van der Waals surface area contributed by atoms with Crippen molar-refractivity contribution in [3.63, 3.8) is 0 Å². The van der Waals surface area contributed by atoms with E-state index in [0.717, 1.165) is 36.6 Å². The minimum atomic E-state index is -1.44. The van der Waals surface area contributed by atoms with Crippen LogP contribution in [0.4, 0.5) is 14.4 Å². The molecule has 4 amide bonds. The van der Waals surface area contributed by atoms with Crippen LogP contribution in [-0.4, -0.2) is 86.2 Å². The zero-order valence-corrected chi connectivity index (χ0v) is 29.7. The number of aromatic nitrogens is 1. The summed E-state index contributed by atoms with van der Waals surface area (Å²) in [6.45, 7) is 5.43. The van der Waals surface area contributed by atoms with Gasteiger partial charge in [0.2, 0.25) is 12.3 Å². The number of hydroxylamine groups is 1. The van der Waals surface area contributed by atoms with Gasteiger partial charge in [0.1, 0.15) is 6.04 Å². The molecule has 1 aromatic heterocycles. The molecule has 0 bridgehead atoms. The number of nitrogens with one attached hydrogen (secondary N) is 5. The van der Waals surface area contributed by atoms with Gasteiger partial charge in [-0.3, -0.25) is 25.2 Å². The molecule has 276 valence electrons. The number of nitrogens with zero attached hydrogens (tertiary/aromatic N) is 1. The summed E-state index contributed by atoms with van der Waals surface area (Å²) in [4.78, 5) is 59.9. The van der Waals surface area contributed by atoms with E-state index in [9.17, 15) is 24.3 Å². The predicted molar refractivity (Wildman–Crippen MR) is 188 cm³/mol. The Hall–Kier alpha value is -5.25. The standard InChI is InChI=1S/C36H48N6O9/c1-36(2,3)30(39-33(45)48-4)31(44)38-26(20-24-15-17-25(18-16-24)27-14-10-11-19-37-27)22-29(43)28(21-23-12-8-7-9-13-23)42-51-32(40-34(46)49-5)41-35(47)50-6/h7-19,26,28-30,32,42-43H,20-22H2,1-6H3,(H,38,44)(H,39,45)(H,40,46)(H,41,47)/t26-,28-,29-,30+/m0/s1. The number of hydrogen-bond acceptors (Lipinski definition) is 11. The summed E-state index contributed by atoms with van der Waals surface area (Å²) in [6.07, 6.45) is -2.86. The highest BCUT2D eigenvalue weighted by Crippen LogP contribution is 2.22. The number of aliphatic hydroxyl groups excluding tert-OH is 1. The third-order valence-electron chi connectivity index (χ3n) is 7.81. The third kappa shape index (κ3) is 13.5. The maximum absolute atomic E-state index is 13.8. The second-order valence-corrected chi connectivity index (χ2v) is 12.7. The van der Waals surface area contributed by atoms with E-state index < -0.39 is 60.2 Å². The van der Waals surface area contributed by atoms with Gasteiger partial charge in [-0.2, -0.15) is 5.48 Å². The fraction of sp³-hybridized carbons (Fsp3) is 0.417. The molecule has 0 aliphatic heterocycles. The Labute approximate surface area is 297 Å². The predicted octanol–water partition coefficient (Wildman–Crippen LogP) is 3.43. The number of hydrogen-bond donors (Lipinski definition) is 6. The first-order valence-electron chi connectivity index (χ1n) is 16.3. The van der Waals surface area contributed by atoms with Crippen LogP contribution >= 0.6 is 0 Å². The Bertz CT molecular complexity index is 1520. The Balaban J connectivity index is 1.91. The number of carbonyl (C=O) groups is 4. The molecule has 0 unspecified atom stereocenters. The van der Waals surface area contributed by atoms with Crippen molar-refractivity contribution in [1.29, 1.82) is 0 Å². The molecule has 0 fully saturated rings. The van der Waals surface area contributed by atoms with Gasteiger partial charge < -0.3 is 30.0 Å². The molecule has 15 nitrogen and oxygen atoms in total. The van der Waals surface area contributed by atoms with Gasteiger partial charge >= 0.3 is 18.3 Å². The third-order valence-corrected chi connectivity index (χ3v) is 7.81. The highest BCUT2D eigenvalue weighted by molar-refractivity contribution is 5.86. The van der Waals surface area contributed by atoms with Crippen molar-refractivity contribution in [1.82, 2.24) is 31.7 Å². The second kappa shape index (κ2) is 19.8. The van der Waals surface area contributed by atoms with E-state index in [4.69, 9.17) is 9.57 Å². The molecule has 4 atom stereocenters. The Kier molecular flexibility index (Phi) is 15.6. The second-order valence-electron chi connectivity index (χ2n) is 12.7. The van der Waals surface area contributed by atoms with Gasteiger partial charge in [0.25, 0.3) is 0 Å². The number of alkyl carbamates (subject to hydrolysis) is 3. The van der Waals surface area contributed by atoms with Crippen LogP contribution in [0.2, 0.25) is 0 Å². The first kappa shape index (κ1) is 40.2.